The molecule has 0 saturated heterocycles. The summed E-state index contributed by atoms with van der Waals surface area (Å²) in [6.45, 7) is 0. The molecule has 2 aromatic rings. The van der Waals surface area contributed by atoms with Crippen molar-refractivity contribution < 1.29 is 0 Å². The smallest absolute Gasteiger partial charge is 0.175 e. The molecule has 4 heteroatoms. The summed E-state index contributed by atoms with van der Waals surface area (Å²) in [5.41, 5.74) is 2.13. The predicted octanol–water partition coefficient (Wildman–Crippen LogP) is 2.65. The highest BCUT2D eigenvalue weighted by atomic mass is 35.5. The van der Waals surface area contributed by atoms with Gasteiger partial charge in [-0.05, 0) is 24.4 Å². The Labute approximate surface area is 75.1 Å². The second kappa shape index (κ2) is 3.07. The maximum Gasteiger partial charge on any atom is 0.175 e. The Morgan fingerprint density at radius 3 is 1.91 bits per heavy atom. The molecule has 2 nitrogen and oxygen atoms in total. The van der Waals surface area contributed by atoms with Crippen molar-refractivity contribution in [1.29, 1.82) is 0 Å². The van der Waals surface area contributed by atoms with E-state index < -0.39 is 0 Å². The molecule has 2 N–H and O–H groups in total. The van der Waals surface area contributed by atoms with Crippen LogP contribution in [0.2, 0.25) is 0 Å². The van der Waals surface area contributed by atoms with Crippen molar-refractivity contribution >= 4 is 35.7 Å². The van der Waals surface area contributed by atoms with Crippen LogP contribution < -0.4 is 0 Å². The molecular weight excluding hydrogens is 180 g/mol. The summed E-state index contributed by atoms with van der Waals surface area (Å²) in [6.07, 6.45) is 0. The molecule has 0 aliphatic rings. The van der Waals surface area contributed by atoms with Gasteiger partial charge in [-0.3, -0.25) is 0 Å². The second-order valence-electron chi connectivity index (χ2n) is 2.12. The standard InChI is InChI=1S/C7H6N2S.ClH/c10-7-8-5-3-1-2-4-6(5)9-7;/h1-4H,(H2,8,9,10);1H. The van der Waals surface area contributed by atoms with Crippen LogP contribution >= 0.6 is 24.6 Å². The normalized spacial score (nSPS) is 9.45. The van der Waals surface area contributed by atoms with Gasteiger partial charge in [0.05, 0.1) is 11.0 Å². The number of para-hydroxylation sites is 2. The zero-order valence-corrected chi connectivity index (χ0v) is 7.26. The summed E-state index contributed by atoms with van der Waals surface area (Å²) in [6, 6.07) is 7.92. The molecule has 0 saturated carbocycles. The average molecular weight is 187 g/mol. The van der Waals surface area contributed by atoms with E-state index in [4.69, 9.17) is 12.2 Å². The minimum atomic E-state index is 0. The number of hydrogen-bond donors (Lipinski definition) is 2. The molecule has 1 heterocycles. The highest BCUT2D eigenvalue weighted by Gasteiger charge is 1.90. The Kier molecular flexibility index (Phi) is 2.31. The summed E-state index contributed by atoms with van der Waals surface area (Å²) >= 11 is 4.90. The molecule has 2 rings (SSSR count). The average Bonchev–Trinajstić information content (AvgIpc) is 2.27. The molecule has 11 heavy (non-hydrogen) atoms. The summed E-state index contributed by atoms with van der Waals surface area (Å²) in [4.78, 5) is 6.04. The maximum atomic E-state index is 4.90. The number of nitrogens with one attached hydrogen (secondary N) is 2. The van der Waals surface area contributed by atoms with E-state index in [1.165, 1.54) is 0 Å². The highest BCUT2D eigenvalue weighted by molar-refractivity contribution is 7.71. The van der Waals surface area contributed by atoms with Gasteiger partial charge in [-0.1, -0.05) is 12.1 Å². The number of aromatic amines is 2. The SMILES string of the molecule is Cl.S=c1[nH]c2ccccc2[nH]1. The van der Waals surface area contributed by atoms with Gasteiger partial charge in [-0.15, -0.1) is 12.4 Å². The molecule has 0 fully saturated rings. The van der Waals surface area contributed by atoms with Gasteiger partial charge in [-0.25, -0.2) is 0 Å². The number of aromatic nitrogens is 2. The topological polar surface area (TPSA) is 31.6 Å². The lowest BCUT2D eigenvalue weighted by atomic mass is 10.3. The minimum absolute atomic E-state index is 0. The van der Waals surface area contributed by atoms with Gasteiger partial charge in [0.15, 0.2) is 4.77 Å². The van der Waals surface area contributed by atoms with E-state index in [1.54, 1.807) is 0 Å². The summed E-state index contributed by atoms with van der Waals surface area (Å²) in [5, 5.41) is 0. The molecule has 1 aromatic heterocycles. The molecule has 0 amide bonds. The Morgan fingerprint density at radius 1 is 1.00 bits per heavy atom. The van der Waals surface area contributed by atoms with Crippen LogP contribution in [0.25, 0.3) is 11.0 Å². The van der Waals surface area contributed by atoms with Crippen LogP contribution in [0.1, 0.15) is 0 Å². The molecule has 0 aliphatic heterocycles. The molecule has 58 valence electrons. The predicted molar refractivity (Wildman–Crippen MR) is 50.7 cm³/mol. The summed E-state index contributed by atoms with van der Waals surface area (Å²) in [7, 11) is 0. The van der Waals surface area contributed by atoms with Crippen LogP contribution in [-0.4, -0.2) is 9.97 Å². The van der Waals surface area contributed by atoms with E-state index in [1.807, 2.05) is 24.3 Å². The Morgan fingerprint density at radius 2 is 1.45 bits per heavy atom. The molecule has 0 bridgehead atoms. The van der Waals surface area contributed by atoms with E-state index in [2.05, 4.69) is 9.97 Å². The van der Waals surface area contributed by atoms with Gasteiger partial charge in [0, 0.05) is 0 Å². The van der Waals surface area contributed by atoms with Crippen LogP contribution in [0.3, 0.4) is 0 Å². The zero-order valence-electron chi connectivity index (χ0n) is 5.63. The van der Waals surface area contributed by atoms with Crippen molar-refractivity contribution in [3.8, 4) is 0 Å². The number of H-pyrrole nitrogens is 2. The van der Waals surface area contributed by atoms with Crippen molar-refractivity contribution in [2.24, 2.45) is 0 Å². The summed E-state index contributed by atoms with van der Waals surface area (Å²) in [5.74, 6) is 0. The lowest BCUT2D eigenvalue weighted by molar-refractivity contribution is 1.30. The lowest BCUT2D eigenvalue weighted by Gasteiger charge is -1.82. The second-order valence-corrected chi connectivity index (χ2v) is 2.53. The van der Waals surface area contributed by atoms with Gasteiger partial charge in [-0.2, -0.15) is 0 Å². The zero-order chi connectivity index (χ0) is 6.97. The Balaban J connectivity index is 0.000000605. The first-order chi connectivity index (χ1) is 4.86. The molecule has 0 radical (unpaired) electrons. The van der Waals surface area contributed by atoms with Crippen LogP contribution in [0.15, 0.2) is 24.3 Å². The van der Waals surface area contributed by atoms with E-state index in [0.29, 0.717) is 4.77 Å². The number of benzene rings is 1. The van der Waals surface area contributed by atoms with E-state index in [9.17, 15) is 0 Å². The van der Waals surface area contributed by atoms with Crippen molar-refractivity contribution in [2.75, 3.05) is 0 Å². The third-order valence-electron chi connectivity index (χ3n) is 1.42. The van der Waals surface area contributed by atoms with Crippen LogP contribution in [0, 0.1) is 4.77 Å². The van der Waals surface area contributed by atoms with Crippen molar-refractivity contribution in [3.05, 3.63) is 29.0 Å². The van der Waals surface area contributed by atoms with Crippen molar-refractivity contribution in [3.63, 3.8) is 0 Å². The van der Waals surface area contributed by atoms with Crippen molar-refractivity contribution in [2.45, 2.75) is 0 Å². The van der Waals surface area contributed by atoms with E-state index in [0.717, 1.165) is 11.0 Å². The van der Waals surface area contributed by atoms with Crippen molar-refractivity contribution in [1.82, 2.24) is 9.97 Å². The molecule has 1 aromatic carbocycles. The highest BCUT2D eigenvalue weighted by Crippen LogP contribution is 2.06. The number of hydrogen-bond acceptors (Lipinski definition) is 1. The fourth-order valence-electron chi connectivity index (χ4n) is 0.977. The van der Waals surface area contributed by atoms with Gasteiger partial charge < -0.3 is 9.97 Å². The first kappa shape index (κ1) is 8.30. The fourth-order valence-corrected chi connectivity index (χ4v) is 1.20. The van der Waals surface area contributed by atoms with E-state index in [-0.39, 0.29) is 12.4 Å². The van der Waals surface area contributed by atoms with Gasteiger partial charge in [0.1, 0.15) is 0 Å². The van der Waals surface area contributed by atoms with Crippen LogP contribution in [0.5, 0.6) is 0 Å². The maximum absolute atomic E-state index is 4.90. The number of fused-ring (bicyclic) bond motifs is 1. The van der Waals surface area contributed by atoms with Gasteiger partial charge in [0.2, 0.25) is 0 Å². The van der Waals surface area contributed by atoms with Gasteiger partial charge in [0.25, 0.3) is 0 Å². The number of rotatable bonds is 0. The minimum Gasteiger partial charge on any atom is -0.331 e. The molecule has 0 atom stereocenters. The first-order valence-electron chi connectivity index (χ1n) is 3.03. The summed E-state index contributed by atoms with van der Waals surface area (Å²) < 4.78 is 0.682. The monoisotopic (exact) mass is 186 g/mol. The Bertz CT molecular complexity index is 368. The van der Waals surface area contributed by atoms with Gasteiger partial charge >= 0.3 is 0 Å². The Hall–Kier alpha value is -0.800. The lowest BCUT2D eigenvalue weighted by Crippen LogP contribution is -1.63. The fraction of sp³-hybridized carbons (Fsp3) is 0. The van der Waals surface area contributed by atoms with E-state index >= 15 is 0 Å². The molecule has 0 spiro atoms. The van der Waals surface area contributed by atoms with Crippen LogP contribution in [-0.2, 0) is 0 Å². The molecule has 0 unspecified atom stereocenters. The quantitative estimate of drug-likeness (QED) is 0.609. The van der Waals surface area contributed by atoms with Crippen LogP contribution in [0.4, 0.5) is 0 Å². The molecular formula is C7H7ClN2S. The molecule has 0 aliphatic carbocycles. The third-order valence-corrected chi connectivity index (χ3v) is 1.63. The number of halogens is 1. The first-order valence-corrected chi connectivity index (χ1v) is 3.44. The largest absolute Gasteiger partial charge is 0.331 e. The third kappa shape index (κ3) is 1.44. The number of imidazole rings is 1.